The van der Waals surface area contributed by atoms with Crippen molar-refractivity contribution in [3.63, 3.8) is 0 Å². The number of aryl methyl sites for hydroxylation is 1. The molecular weight excluding hydrogens is 346 g/mol. The van der Waals surface area contributed by atoms with Crippen molar-refractivity contribution in [2.75, 3.05) is 6.54 Å². The van der Waals surface area contributed by atoms with Crippen molar-refractivity contribution < 1.29 is 18.8 Å². The van der Waals surface area contributed by atoms with Crippen LogP contribution in [-0.2, 0) is 20.7 Å². The second-order valence-corrected chi connectivity index (χ2v) is 6.09. The standard InChI is InChI=1S/C17H20ClN3O4/c1-11(2)24-16(23)9-10-19-14(22)7-8-15-20-17(21-25-15)12-3-5-13(18)6-4-12/h3-6,11H,7-10H2,1-2H3,(H,19,22). The van der Waals surface area contributed by atoms with E-state index in [1.54, 1.807) is 38.1 Å². The molecule has 1 aromatic carbocycles. The van der Waals surface area contributed by atoms with Gasteiger partial charge in [0.2, 0.25) is 17.6 Å². The van der Waals surface area contributed by atoms with Gasteiger partial charge in [-0.15, -0.1) is 0 Å². The number of nitrogens with one attached hydrogen (secondary N) is 1. The fraction of sp³-hybridized carbons (Fsp3) is 0.412. The smallest absolute Gasteiger partial charge is 0.307 e. The third-order valence-corrected chi connectivity index (χ3v) is 3.41. The Hall–Kier alpha value is -2.41. The summed E-state index contributed by atoms with van der Waals surface area (Å²) in [6, 6.07) is 7.06. The Morgan fingerprint density at radius 2 is 1.96 bits per heavy atom. The third kappa shape index (κ3) is 6.54. The molecule has 25 heavy (non-hydrogen) atoms. The molecule has 1 heterocycles. The predicted octanol–water partition coefficient (Wildman–Crippen LogP) is 2.78. The van der Waals surface area contributed by atoms with E-state index in [2.05, 4.69) is 15.5 Å². The molecule has 8 heteroatoms. The van der Waals surface area contributed by atoms with E-state index in [0.717, 1.165) is 5.56 Å². The molecule has 1 N–H and O–H groups in total. The Morgan fingerprint density at radius 1 is 1.24 bits per heavy atom. The molecule has 2 aromatic rings. The summed E-state index contributed by atoms with van der Waals surface area (Å²) in [6.07, 6.45) is 0.505. The zero-order valence-electron chi connectivity index (χ0n) is 14.1. The summed E-state index contributed by atoms with van der Waals surface area (Å²) >= 11 is 5.84. The molecule has 0 aliphatic rings. The van der Waals surface area contributed by atoms with Crippen molar-refractivity contribution in [2.24, 2.45) is 0 Å². The number of amides is 1. The highest BCUT2D eigenvalue weighted by Gasteiger charge is 2.11. The third-order valence-electron chi connectivity index (χ3n) is 3.15. The minimum atomic E-state index is -0.334. The van der Waals surface area contributed by atoms with Crippen molar-refractivity contribution in [2.45, 2.75) is 39.2 Å². The van der Waals surface area contributed by atoms with Gasteiger partial charge in [0.05, 0.1) is 12.5 Å². The van der Waals surface area contributed by atoms with E-state index in [0.29, 0.717) is 23.2 Å². The number of rotatable bonds is 8. The number of carbonyl (C=O) groups is 2. The fourth-order valence-corrected chi connectivity index (χ4v) is 2.13. The SMILES string of the molecule is CC(C)OC(=O)CCNC(=O)CCc1nc(-c2ccc(Cl)cc2)no1. The monoisotopic (exact) mass is 365 g/mol. The first-order chi connectivity index (χ1) is 11.9. The second-order valence-electron chi connectivity index (χ2n) is 5.66. The summed E-state index contributed by atoms with van der Waals surface area (Å²) in [6.45, 7) is 3.79. The Balaban J connectivity index is 1.73. The first kappa shape index (κ1) is 18.9. The van der Waals surface area contributed by atoms with E-state index in [1.807, 2.05) is 0 Å². The normalized spacial score (nSPS) is 10.7. The molecule has 0 fully saturated rings. The number of ether oxygens (including phenoxy) is 1. The highest BCUT2D eigenvalue weighted by atomic mass is 35.5. The summed E-state index contributed by atoms with van der Waals surface area (Å²) in [5.41, 5.74) is 0.785. The topological polar surface area (TPSA) is 94.3 Å². The zero-order chi connectivity index (χ0) is 18.2. The lowest BCUT2D eigenvalue weighted by Gasteiger charge is -2.08. The Bertz CT molecular complexity index is 713. The van der Waals surface area contributed by atoms with Crippen LogP contribution in [0.2, 0.25) is 5.02 Å². The summed E-state index contributed by atoms with van der Waals surface area (Å²) in [4.78, 5) is 27.4. The van der Waals surface area contributed by atoms with Crippen LogP contribution < -0.4 is 5.32 Å². The minimum absolute atomic E-state index is 0.144. The molecule has 1 amide bonds. The molecular formula is C17H20ClN3O4. The number of esters is 1. The number of hydrogen-bond acceptors (Lipinski definition) is 6. The van der Waals surface area contributed by atoms with E-state index in [1.165, 1.54) is 0 Å². The number of nitrogens with zero attached hydrogens (tertiary/aromatic N) is 2. The molecule has 0 spiro atoms. The highest BCUT2D eigenvalue weighted by Crippen LogP contribution is 2.18. The second kappa shape index (κ2) is 9.17. The predicted molar refractivity (Wildman–Crippen MR) is 91.9 cm³/mol. The van der Waals surface area contributed by atoms with Crippen LogP contribution in [0.15, 0.2) is 28.8 Å². The van der Waals surface area contributed by atoms with Gasteiger partial charge in [-0.05, 0) is 38.1 Å². The minimum Gasteiger partial charge on any atom is -0.463 e. The first-order valence-corrected chi connectivity index (χ1v) is 8.36. The number of halogens is 1. The average Bonchev–Trinajstić information content (AvgIpc) is 3.02. The van der Waals surface area contributed by atoms with Crippen molar-refractivity contribution in [1.29, 1.82) is 0 Å². The molecule has 0 aliphatic heterocycles. The van der Waals surface area contributed by atoms with E-state index in [9.17, 15) is 9.59 Å². The lowest BCUT2D eigenvalue weighted by molar-refractivity contribution is -0.147. The lowest BCUT2D eigenvalue weighted by atomic mass is 10.2. The lowest BCUT2D eigenvalue weighted by Crippen LogP contribution is -2.27. The molecule has 0 unspecified atom stereocenters. The zero-order valence-corrected chi connectivity index (χ0v) is 14.9. The van der Waals surface area contributed by atoms with Crippen molar-refractivity contribution in [3.05, 3.63) is 35.2 Å². The molecule has 134 valence electrons. The summed E-state index contributed by atoms with van der Waals surface area (Å²) in [5.74, 6) is 0.297. The van der Waals surface area contributed by atoms with Gasteiger partial charge in [0.1, 0.15) is 0 Å². The number of hydrogen-bond donors (Lipinski definition) is 1. The maximum atomic E-state index is 11.8. The Morgan fingerprint density at radius 3 is 2.64 bits per heavy atom. The van der Waals surface area contributed by atoms with E-state index < -0.39 is 0 Å². The van der Waals surface area contributed by atoms with E-state index in [4.69, 9.17) is 20.9 Å². The summed E-state index contributed by atoms with van der Waals surface area (Å²) < 4.78 is 10.1. The first-order valence-electron chi connectivity index (χ1n) is 7.98. The van der Waals surface area contributed by atoms with E-state index in [-0.39, 0.29) is 37.4 Å². The molecule has 7 nitrogen and oxygen atoms in total. The van der Waals surface area contributed by atoms with Crippen LogP contribution in [0.4, 0.5) is 0 Å². The van der Waals surface area contributed by atoms with Gasteiger partial charge in [-0.25, -0.2) is 0 Å². The maximum Gasteiger partial charge on any atom is 0.307 e. The van der Waals surface area contributed by atoms with Crippen LogP contribution in [0.1, 0.15) is 32.6 Å². The van der Waals surface area contributed by atoms with Crippen LogP contribution in [0.3, 0.4) is 0 Å². The molecule has 0 saturated carbocycles. The van der Waals surface area contributed by atoms with Gasteiger partial charge in [0.15, 0.2) is 0 Å². The highest BCUT2D eigenvalue weighted by molar-refractivity contribution is 6.30. The van der Waals surface area contributed by atoms with Crippen molar-refractivity contribution >= 4 is 23.5 Å². The molecule has 2 rings (SSSR count). The van der Waals surface area contributed by atoms with Gasteiger partial charge >= 0.3 is 5.97 Å². The van der Waals surface area contributed by atoms with Crippen molar-refractivity contribution in [3.8, 4) is 11.4 Å². The quantitative estimate of drug-likeness (QED) is 0.723. The Labute approximate surface area is 150 Å². The number of aromatic nitrogens is 2. The average molecular weight is 366 g/mol. The van der Waals surface area contributed by atoms with Crippen LogP contribution >= 0.6 is 11.6 Å². The van der Waals surface area contributed by atoms with Gasteiger partial charge in [-0.2, -0.15) is 4.98 Å². The molecule has 0 atom stereocenters. The largest absolute Gasteiger partial charge is 0.463 e. The van der Waals surface area contributed by atoms with Crippen LogP contribution in [0.25, 0.3) is 11.4 Å². The molecule has 0 saturated heterocycles. The van der Waals surface area contributed by atoms with E-state index >= 15 is 0 Å². The van der Waals surface area contributed by atoms with Gasteiger partial charge in [-0.1, -0.05) is 16.8 Å². The maximum absolute atomic E-state index is 11.8. The molecule has 0 aliphatic carbocycles. The molecule has 0 bridgehead atoms. The van der Waals surface area contributed by atoms with Crippen LogP contribution in [0.5, 0.6) is 0 Å². The number of benzene rings is 1. The summed E-state index contributed by atoms with van der Waals surface area (Å²) in [7, 11) is 0. The van der Waals surface area contributed by atoms with Gasteiger partial charge < -0.3 is 14.6 Å². The van der Waals surface area contributed by atoms with Gasteiger partial charge in [0, 0.05) is 30.0 Å². The van der Waals surface area contributed by atoms with Gasteiger partial charge in [0.25, 0.3) is 0 Å². The van der Waals surface area contributed by atoms with Crippen molar-refractivity contribution in [1.82, 2.24) is 15.5 Å². The van der Waals surface area contributed by atoms with Crippen LogP contribution in [0, 0.1) is 0 Å². The van der Waals surface area contributed by atoms with Gasteiger partial charge in [-0.3, -0.25) is 9.59 Å². The van der Waals surface area contributed by atoms with Crippen LogP contribution in [-0.4, -0.2) is 34.7 Å². The summed E-state index contributed by atoms with van der Waals surface area (Å²) in [5, 5.41) is 7.17. The number of carbonyl (C=O) groups excluding carboxylic acids is 2. The Kier molecular flexibility index (Phi) is 6.94. The molecule has 0 radical (unpaired) electrons. The molecule has 1 aromatic heterocycles. The fourth-order valence-electron chi connectivity index (χ4n) is 2.01.